The topological polar surface area (TPSA) is 63.2 Å². The summed E-state index contributed by atoms with van der Waals surface area (Å²) < 4.78 is 17.4. The lowest BCUT2D eigenvalue weighted by Crippen LogP contribution is -2.21. The molecule has 2 aliphatic carbocycles. The Morgan fingerprint density at radius 3 is 1.94 bits per heavy atom. The Bertz CT molecular complexity index is 1700. The summed E-state index contributed by atoms with van der Waals surface area (Å²) in [4.78, 5) is 24.3. The summed E-state index contributed by atoms with van der Waals surface area (Å²) in [6, 6.07) is 28.1. The van der Waals surface area contributed by atoms with E-state index in [0.717, 1.165) is 80.8 Å². The van der Waals surface area contributed by atoms with E-state index < -0.39 is 5.97 Å². The van der Waals surface area contributed by atoms with Crippen LogP contribution < -0.4 is 19.1 Å². The first kappa shape index (κ1) is 34.3. The van der Waals surface area contributed by atoms with Gasteiger partial charge in [-0.05, 0) is 127 Å². The third kappa shape index (κ3) is 8.73. The van der Waals surface area contributed by atoms with Crippen LogP contribution >= 0.6 is 0 Å². The SMILES string of the molecule is CCCCCCOc1ccc(C=CC(=O)Oc2ccc3c(c2)C2(CCc4ccc(OOCc5ccc(OCCCC)cc5)cc42)CC3)cc1. The molecule has 0 N–H and O–H groups in total. The Kier molecular flexibility index (Phi) is 11.7. The molecule has 0 saturated heterocycles. The molecule has 0 radical (unpaired) electrons. The van der Waals surface area contributed by atoms with Crippen molar-refractivity contribution in [2.24, 2.45) is 0 Å². The highest BCUT2D eigenvalue weighted by molar-refractivity contribution is 5.88. The lowest BCUT2D eigenvalue weighted by atomic mass is 9.76. The zero-order chi connectivity index (χ0) is 33.9. The fourth-order valence-corrected chi connectivity index (χ4v) is 6.95. The molecule has 0 saturated carbocycles. The zero-order valence-electron chi connectivity index (χ0n) is 28.9. The molecule has 49 heavy (non-hydrogen) atoms. The van der Waals surface area contributed by atoms with Crippen LogP contribution in [0.2, 0.25) is 0 Å². The molecule has 1 unspecified atom stereocenters. The lowest BCUT2D eigenvalue weighted by molar-refractivity contribution is -0.217. The van der Waals surface area contributed by atoms with Gasteiger partial charge in [-0.1, -0.05) is 75.9 Å². The van der Waals surface area contributed by atoms with E-state index in [-0.39, 0.29) is 5.41 Å². The molecular formula is C43H48O6. The van der Waals surface area contributed by atoms with Crippen molar-refractivity contribution in [3.8, 4) is 23.0 Å². The third-order valence-electron chi connectivity index (χ3n) is 9.68. The van der Waals surface area contributed by atoms with E-state index in [2.05, 4.69) is 38.1 Å². The van der Waals surface area contributed by atoms with Crippen LogP contribution in [0.25, 0.3) is 6.08 Å². The minimum Gasteiger partial charge on any atom is -0.494 e. The molecule has 2 aliphatic rings. The minimum absolute atomic E-state index is 0.129. The van der Waals surface area contributed by atoms with Gasteiger partial charge in [0.15, 0.2) is 5.75 Å². The van der Waals surface area contributed by atoms with Crippen LogP contribution in [0.5, 0.6) is 23.0 Å². The van der Waals surface area contributed by atoms with Crippen LogP contribution in [0.1, 0.15) is 98.6 Å². The number of fused-ring (bicyclic) bond motifs is 4. The summed E-state index contributed by atoms with van der Waals surface area (Å²) in [5.41, 5.74) is 6.95. The third-order valence-corrected chi connectivity index (χ3v) is 9.68. The molecule has 0 aliphatic heterocycles. The molecule has 0 amide bonds. The van der Waals surface area contributed by atoms with Gasteiger partial charge in [0, 0.05) is 11.5 Å². The normalized spacial score (nSPS) is 16.1. The highest BCUT2D eigenvalue weighted by Crippen LogP contribution is 2.53. The van der Waals surface area contributed by atoms with Crippen LogP contribution in [0.4, 0.5) is 0 Å². The van der Waals surface area contributed by atoms with Crippen molar-refractivity contribution < 1.29 is 28.8 Å². The quantitative estimate of drug-likeness (QED) is 0.0281. The fraction of sp³-hybridized carbons (Fsp3) is 0.372. The number of carbonyl (C=O) groups excluding carboxylic acids is 1. The van der Waals surface area contributed by atoms with E-state index in [0.29, 0.717) is 18.1 Å². The fourth-order valence-electron chi connectivity index (χ4n) is 6.95. The zero-order valence-corrected chi connectivity index (χ0v) is 28.9. The number of hydrogen-bond acceptors (Lipinski definition) is 6. The second kappa shape index (κ2) is 16.7. The van der Waals surface area contributed by atoms with Gasteiger partial charge in [-0.2, -0.15) is 4.89 Å². The molecule has 0 heterocycles. The van der Waals surface area contributed by atoms with E-state index in [9.17, 15) is 4.79 Å². The largest absolute Gasteiger partial charge is 0.494 e. The van der Waals surface area contributed by atoms with Gasteiger partial charge in [-0.3, -0.25) is 0 Å². The maximum Gasteiger partial charge on any atom is 0.336 e. The summed E-state index contributed by atoms with van der Waals surface area (Å²) >= 11 is 0. The van der Waals surface area contributed by atoms with E-state index >= 15 is 0 Å². The molecule has 1 atom stereocenters. The maximum absolute atomic E-state index is 12.8. The molecule has 0 bridgehead atoms. The maximum atomic E-state index is 12.8. The molecule has 4 aromatic rings. The molecule has 4 aromatic carbocycles. The van der Waals surface area contributed by atoms with Crippen molar-refractivity contribution in [3.63, 3.8) is 0 Å². The number of esters is 1. The number of ether oxygens (including phenoxy) is 3. The predicted molar refractivity (Wildman–Crippen MR) is 193 cm³/mol. The van der Waals surface area contributed by atoms with Gasteiger partial charge in [-0.15, -0.1) is 0 Å². The monoisotopic (exact) mass is 660 g/mol. The molecular weight excluding hydrogens is 612 g/mol. The van der Waals surface area contributed by atoms with Gasteiger partial charge in [0.25, 0.3) is 0 Å². The number of aryl methyl sites for hydroxylation is 2. The summed E-state index contributed by atoms with van der Waals surface area (Å²) in [6.45, 7) is 6.15. The van der Waals surface area contributed by atoms with Crippen molar-refractivity contribution in [2.75, 3.05) is 13.2 Å². The van der Waals surface area contributed by atoms with Crippen molar-refractivity contribution >= 4 is 12.0 Å². The van der Waals surface area contributed by atoms with Crippen LogP contribution in [-0.2, 0) is 34.5 Å². The highest BCUT2D eigenvalue weighted by atomic mass is 17.2. The minimum atomic E-state index is -0.401. The van der Waals surface area contributed by atoms with Gasteiger partial charge < -0.3 is 19.1 Å². The van der Waals surface area contributed by atoms with Crippen LogP contribution in [0, 0.1) is 0 Å². The van der Waals surface area contributed by atoms with Crippen molar-refractivity contribution in [2.45, 2.75) is 90.1 Å². The average molecular weight is 661 g/mol. The smallest absolute Gasteiger partial charge is 0.336 e. The van der Waals surface area contributed by atoms with Crippen molar-refractivity contribution in [1.29, 1.82) is 0 Å². The molecule has 6 rings (SSSR count). The van der Waals surface area contributed by atoms with Crippen LogP contribution in [0.3, 0.4) is 0 Å². The van der Waals surface area contributed by atoms with Crippen molar-refractivity contribution in [1.82, 2.24) is 0 Å². The Balaban J connectivity index is 1.05. The molecule has 256 valence electrons. The van der Waals surface area contributed by atoms with Crippen LogP contribution in [0.15, 0.2) is 91.0 Å². The Labute approximate surface area is 290 Å². The number of carbonyl (C=O) groups is 1. The van der Waals surface area contributed by atoms with Gasteiger partial charge in [0.2, 0.25) is 0 Å². The van der Waals surface area contributed by atoms with E-state index in [1.807, 2.05) is 60.7 Å². The first-order valence-corrected chi connectivity index (χ1v) is 18.0. The lowest BCUT2D eigenvalue weighted by Gasteiger charge is -2.27. The van der Waals surface area contributed by atoms with Gasteiger partial charge in [0.1, 0.15) is 23.9 Å². The summed E-state index contributed by atoms with van der Waals surface area (Å²) in [5.74, 6) is 2.56. The van der Waals surface area contributed by atoms with E-state index in [1.165, 1.54) is 47.6 Å². The Morgan fingerprint density at radius 2 is 1.27 bits per heavy atom. The molecule has 1 spiro atoms. The van der Waals surface area contributed by atoms with E-state index in [4.69, 9.17) is 24.0 Å². The number of unbranched alkanes of at least 4 members (excludes halogenated alkanes) is 4. The molecule has 0 fully saturated rings. The average Bonchev–Trinajstić information content (AvgIpc) is 3.69. The molecule has 0 aromatic heterocycles. The summed E-state index contributed by atoms with van der Waals surface area (Å²) in [5, 5.41) is 0. The highest BCUT2D eigenvalue weighted by Gasteiger charge is 2.45. The second-order valence-electron chi connectivity index (χ2n) is 13.1. The second-order valence-corrected chi connectivity index (χ2v) is 13.1. The predicted octanol–water partition coefficient (Wildman–Crippen LogP) is 10.1. The van der Waals surface area contributed by atoms with Crippen LogP contribution in [-0.4, -0.2) is 19.2 Å². The summed E-state index contributed by atoms with van der Waals surface area (Å²) in [6.07, 6.45) is 14.1. The molecule has 6 heteroatoms. The number of benzene rings is 4. The molecule has 6 nitrogen and oxygen atoms in total. The van der Waals surface area contributed by atoms with E-state index in [1.54, 1.807) is 6.08 Å². The first-order chi connectivity index (χ1) is 24.1. The Morgan fingerprint density at radius 1 is 0.673 bits per heavy atom. The first-order valence-electron chi connectivity index (χ1n) is 18.0. The Hall–Kier alpha value is -4.55. The number of hydrogen-bond donors (Lipinski definition) is 0. The van der Waals surface area contributed by atoms with Gasteiger partial charge >= 0.3 is 5.97 Å². The summed E-state index contributed by atoms with van der Waals surface area (Å²) in [7, 11) is 0. The number of rotatable bonds is 17. The standard InChI is InChI=1S/C43H48O6/c1-3-5-7-8-28-46-36-16-9-32(10-17-36)13-22-42(44)48-38-20-14-34-23-25-43(40(34)29-38)26-24-35-15-21-39(30-41(35)43)49-47-31-33-11-18-37(19-12-33)45-27-6-4-2/h9-22,29-30H,3-8,23-28,31H2,1-2H3. The van der Waals surface area contributed by atoms with Gasteiger partial charge in [-0.25, -0.2) is 4.79 Å². The van der Waals surface area contributed by atoms with Gasteiger partial charge in [0.05, 0.1) is 13.2 Å². The van der Waals surface area contributed by atoms with Crippen molar-refractivity contribution in [3.05, 3.63) is 124 Å².